The molecule has 1 aromatic carbocycles. The number of hydrogen-bond acceptors (Lipinski definition) is 6. The monoisotopic (exact) mass is 349 g/mol. The van der Waals surface area contributed by atoms with Gasteiger partial charge < -0.3 is 34.3 Å². The quantitative estimate of drug-likeness (QED) is 0.503. The van der Waals surface area contributed by atoms with Gasteiger partial charge in [0.2, 0.25) is 0 Å². The van der Waals surface area contributed by atoms with E-state index < -0.39 is 12.2 Å². The molecule has 1 aliphatic rings. The summed E-state index contributed by atoms with van der Waals surface area (Å²) in [5.41, 5.74) is 1.04. The van der Waals surface area contributed by atoms with E-state index in [2.05, 4.69) is 0 Å². The summed E-state index contributed by atoms with van der Waals surface area (Å²) in [6.45, 7) is 2.33. The van der Waals surface area contributed by atoms with E-state index >= 15 is 0 Å². The van der Waals surface area contributed by atoms with Gasteiger partial charge >= 0.3 is 37.7 Å². The zero-order valence-corrected chi connectivity index (χ0v) is 15.6. The number of ether oxygens (including phenoxy) is 1. The molecule has 2 rings (SSSR count). The molecule has 8 nitrogen and oxygen atoms in total. The molecule has 0 atom stereocenters. The minimum Gasteiger partial charge on any atom is -0.530 e. The summed E-state index contributed by atoms with van der Waals surface area (Å²) < 4.78 is 5.12. The van der Waals surface area contributed by atoms with Crippen molar-refractivity contribution >= 4 is 12.2 Å². The van der Waals surface area contributed by atoms with Crippen LogP contribution in [0.2, 0.25) is 0 Å². The van der Waals surface area contributed by atoms with Gasteiger partial charge in [-0.25, -0.2) is 0 Å². The minimum absolute atomic E-state index is 0. The van der Waals surface area contributed by atoms with Crippen molar-refractivity contribution in [3.05, 3.63) is 29.8 Å². The number of rotatable bonds is 3. The van der Waals surface area contributed by atoms with Crippen LogP contribution in [0.25, 0.3) is 0 Å². The smallest absolute Gasteiger partial charge is 0.530 e. The Kier molecular flexibility index (Phi) is 11.6. The summed E-state index contributed by atoms with van der Waals surface area (Å²) in [4.78, 5) is 26.6. The first-order valence-electron chi connectivity index (χ1n) is 7.76. The fourth-order valence-electron chi connectivity index (χ4n) is 2.61. The summed E-state index contributed by atoms with van der Waals surface area (Å²) in [6, 6.07) is 7.57. The molecule has 1 heterocycles. The Morgan fingerprint density at radius 3 is 1.69 bits per heavy atom. The predicted molar refractivity (Wildman–Crippen MR) is 82.2 cm³/mol. The van der Waals surface area contributed by atoms with Gasteiger partial charge in [-0.05, 0) is 17.7 Å². The molecule has 2 amide bonds. The molecule has 1 aromatic rings. The topological polar surface area (TPSA) is 99.2 Å². The van der Waals surface area contributed by atoms with Crippen molar-refractivity contribution in [2.45, 2.75) is 6.54 Å². The van der Waals surface area contributed by atoms with Crippen LogP contribution in [0, 0.1) is 0 Å². The number of carbonyl (C=O) groups excluding carboxylic acids is 2. The molecule has 1 fully saturated rings. The maximum atomic E-state index is 11.1. The number of carbonyl (C=O) groups is 2. The Labute approximate surface area is 177 Å². The second-order valence-corrected chi connectivity index (χ2v) is 5.63. The average Bonchev–Trinajstić information content (AvgIpc) is 2.66. The van der Waals surface area contributed by atoms with Crippen molar-refractivity contribution < 1.29 is 62.3 Å². The molecular formula is C16H21Li2N3O5. The third-order valence-electron chi connectivity index (χ3n) is 4.09. The average molecular weight is 349 g/mol. The Morgan fingerprint density at radius 1 is 0.885 bits per heavy atom. The van der Waals surface area contributed by atoms with E-state index in [1.807, 2.05) is 29.2 Å². The third kappa shape index (κ3) is 7.53. The van der Waals surface area contributed by atoms with Crippen LogP contribution < -0.4 is 52.7 Å². The Balaban J connectivity index is 0.00000312. The standard InChI is InChI=1S/C16H23N3O5.2Li/c1-24-14-4-2-13(3-5-14)12-17-6-8-18(15(20)21)10-11-19(9-7-17)16(22)23;;/h2-5H,6-12H2,1H3,(H,20,21)(H,22,23);;/q;2*+1/p-2. The molecule has 132 valence electrons. The van der Waals surface area contributed by atoms with Gasteiger partial charge in [0, 0.05) is 45.8 Å². The second kappa shape index (κ2) is 12.2. The molecule has 1 aliphatic heterocycles. The molecule has 0 N–H and O–H groups in total. The molecule has 0 spiro atoms. The van der Waals surface area contributed by atoms with Crippen LogP contribution >= 0.6 is 0 Å². The van der Waals surface area contributed by atoms with Gasteiger partial charge in [0.15, 0.2) is 0 Å². The second-order valence-electron chi connectivity index (χ2n) is 5.63. The first-order valence-corrected chi connectivity index (χ1v) is 7.76. The van der Waals surface area contributed by atoms with Gasteiger partial charge in [0.05, 0.1) is 7.11 Å². The van der Waals surface area contributed by atoms with Crippen molar-refractivity contribution in [2.75, 3.05) is 46.4 Å². The number of methoxy groups -OCH3 is 1. The number of nitrogens with zero attached hydrogens (tertiary/aromatic N) is 3. The van der Waals surface area contributed by atoms with E-state index in [9.17, 15) is 19.8 Å². The number of carboxylic acid groups (broad SMARTS) is 2. The third-order valence-corrected chi connectivity index (χ3v) is 4.09. The molecule has 26 heavy (non-hydrogen) atoms. The Bertz CT molecular complexity index is 548. The fraction of sp³-hybridized carbons (Fsp3) is 0.500. The van der Waals surface area contributed by atoms with Crippen molar-refractivity contribution in [3.63, 3.8) is 0 Å². The molecule has 0 unspecified atom stereocenters. The van der Waals surface area contributed by atoms with E-state index in [1.165, 1.54) is 0 Å². The molecule has 0 saturated carbocycles. The minimum atomic E-state index is -1.29. The maximum Gasteiger partial charge on any atom is 1.00 e. The first kappa shape index (κ1) is 24.7. The van der Waals surface area contributed by atoms with Crippen LogP contribution in [0.5, 0.6) is 5.75 Å². The van der Waals surface area contributed by atoms with Crippen molar-refractivity contribution in [3.8, 4) is 5.75 Å². The van der Waals surface area contributed by atoms with Gasteiger partial charge in [-0.3, -0.25) is 4.90 Å². The molecule has 10 heteroatoms. The summed E-state index contributed by atoms with van der Waals surface area (Å²) in [6.07, 6.45) is -2.58. The number of benzene rings is 1. The number of hydrogen-bond donors (Lipinski definition) is 0. The van der Waals surface area contributed by atoms with Crippen molar-refractivity contribution in [1.82, 2.24) is 14.7 Å². The van der Waals surface area contributed by atoms with Gasteiger partial charge in [-0.15, -0.1) is 0 Å². The zero-order chi connectivity index (χ0) is 17.5. The zero-order valence-electron chi connectivity index (χ0n) is 15.6. The molecule has 0 radical (unpaired) electrons. The maximum absolute atomic E-state index is 11.1. The van der Waals surface area contributed by atoms with Gasteiger partial charge in [0.1, 0.15) is 17.9 Å². The van der Waals surface area contributed by atoms with Crippen LogP contribution in [0.3, 0.4) is 0 Å². The number of amides is 2. The van der Waals surface area contributed by atoms with E-state index in [4.69, 9.17) is 4.74 Å². The van der Waals surface area contributed by atoms with Crippen LogP contribution in [0.4, 0.5) is 9.59 Å². The molecule has 1 saturated heterocycles. The van der Waals surface area contributed by atoms with Crippen LogP contribution in [0.1, 0.15) is 5.56 Å². The normalized spacial score (nSPS) is 15.6. The predicted octanol–water partition coefficient (Wildman–Crippen LogP) is -7.19. The van der Waals surface area contributed by atoms with Crippen LogP contribution in [-0.4, -0.2) is 73.3 Å². The van der Waals surface area contributed by atoms with E-state index in [1.54, 1.807) is 7.11 Å². The fourth-order valence-corrected chi connectivity index (χ4v) is 2.61. The van der Waals surface area contributed by atoms with Gasteiger partial charge in [-0.1, -0.05) is 12.1 Å². The summed E-state index contributed by atoms with van der Waals surface area (Å²) in [5, 5.41) is 22.3. The SMILES string of the molecule is COc1ccc(CN2CCN(C(=O)[O-])CCN(C(=O)[O-])CC2)cc1.[Li+].[Li+]. The summed E-state index contributed by atoms with van der Waals surface area (Å²) in [7, 11) is 1.60. The summed E-state index contributed by atoms with van der Waals surface area (Å²) >= 11 is 0. The molecule has 0 aliphatic carbocycles. The van der Waals surface area contributed by atoms with Crippen molar-refractivity contribution in [1.29, 1.82) is 0 Å². The molecule has 0 aromatic heterocycles. The molecular weight excluding hydrogens is 328 g/mol. The molecule has 0 bridgehead atoms. The van der Waals surface area contributed by atoms with Gasteiger partial charge in [-0.2, -0.15) is 0 Å². The van der Waals surface area contributed by atoms with Gasteiger partial charge in [0.25, 0.3) is 0 Å². The first-order chi connectivity index (χ1) is 11.5. The largest absolute Gasteiger partial charge is 1.00 e. The van der Waals surface area contributed by atoms with E-state index in [0.717, 1.165) is 21.1 Å². The van der Waals surface area contributed by atoms with E-state index in [0.29, 0.717) is 19.6 Å². The Hall–Kier alpha value is -1.29. The van der Waals surface area contributed by atoms with Crippen LogP contribution in [0.15, 0.2) is 24.3 Å². The van der Waals surface area contributed by atoms with Crippen molar-refractivity contribution in [2.24, 2.45) is 0 Å². The van der Waals surface area contributed by atoms with E-state index in [-0.39, 0.29) is 63.9 Å². The summed E-state index contributed by atoms with van der Waals surface area (Å²) in [5.74, 6) is 0.759. The Morgan fingerprint density at radius 2 is 1.31 bits per heavy atom. The van der Waals surface area contributed by atoms with Crippen LogP contribution in [-0.2, 0) is 6.54 Å².